The number of aliphatic hydroxyl groups is 2. The molecule has 0 unspecified atom stereocenters. The van der Waals surface area contributed by atoms with E-state index in [1.165, 1.54) is 0 Å². The normalized spacial score (nSPS) is 34.2. The van der Waals surface area contributed by atoms with Crippen LogP contribution in [0.1, 0.15) is 66.7 Å². The van der Waals surface area contributed by atoms with Crippen molar-refractivity contribution in [1.29, 1.82) is 0 Å². The van der Waals surface area contributed by atoms with Gasteiger partial charge in [0.2, 0.25) is 0 Å². The Kier molecular flexibility index (Phi) is 5.25. The van der Waals surface area contributed by atoms with Crippen molar-refractivity contribution in [3.8, 4) is 0 Å². The molecule has 0 amide bonds. The highest BCUT2D eigenvalue weighted by atomic mass is 16.5. The molecule has 1 saturated carbocycles. The summed E-state index contributed by atoms with van der Waals surface area (Å²) < 4.78 is 5.13. The van der Waals surface area contributed by atoms with Gasteiger partial charge in [-0.25, -0.2) is 0 Å². The van der Waals surface area contributed by atoms with E-state index in [-0.39, 0.29) is 11.9 Å². The van der Waals surface area contributed by atoms with Crippen LogP contribution in [0.25, 0.3) is 0 Å². The van der Waals surface area contributed by atoms with E-state index in [1.807, 2.05) is 13.8 Å². The molecule has 0 aromatic carbocycles. The van der Waals surface area contributed by atoms with Crippen LogP contribution in [-0.2, 0) is 9.53 Å². The average molecular weight is 286 g/mol. The topological polar surface area (TPSA) is 66.8 Å². The number of hydrogen-bond acceptors (Lipinski definition) is 4. The molecule has 0 spiro atoms. The summed E-state index contributed by atoms with van der Waals surface area (Å²) in [5, 5.41) is 21.4. The van der Waals surface area contributed by atoms with Crippen LogP contribution in [0, 0.1) is 11.3 Å². The third-order valence-corrected chi connectivity index (χ3v) is 5.57. The third kappa shape index (κ3) is 2.86. The number of carbonyl (C=O) groups excluding carboxylic acids is 1. The van der Waals surface area contributed by atoms with Crippen LogP contribution in [0.5, 0.6) is 0 Å². The van der Waals surface area contributed by atoms with Crippen LogP contribution in [0.2, 0.25) is 0 Å². The molecule has 0 aliphatic heterocycles. The lowest BCUT2D eigenvalue weighted by molar-refractivity contribution is -0.172. The number of ether oxygens (including phenoxy) is 1. The second-order valence-corrected chi connectivity index (χ2v) is 6.57. The van der Waals surface area contributed by atoms with Crippen LogP contribution in [0.3, 0.4) is 0 Å². The van der Waals surface area contributed by atoms with E-state index in [9.17, 15) is 15.0 Å². The van der Waals surface area contributed by atoms with Gasteiger partial charge < -0.3 is 14.9 Å². The zero-order chi connectivity index (χ0) is 15.6. The van der Waals surface area contributed by atoms with Crippen molar-refractivity contribution >= 4 is 5.97 Å². The highest BCUT2D eigenvalue weighted by Crippen LogP contribution is 2.53. The summed E-state index contributed by atoms with van der Waals surface area (Å²) in [7, 11) is 0. The van der Waals surface area contributed by atoms with E-state index >= 15 is 0 Å². The maximum atomic E-state index is 12.2. The largest absolute Gasteiger partial charge is 0.465 e. The van der Waals surface area contributed by atoms with Crippen molar-refractivity contribution in [2.45, 2.75) is 77.9 Å². The first-order chi connectivity index (χ1) is 9.16. The summed E-state index contributed by atoms with van der Waals surface area (Å²) in [6.45, 7) is 9.50. The Morgan fingerprint density at radius 2 is 1.85 bits per heavy atom. The molecule has 1 aliphatic carbocycles. The molecule has 1 rings (SSSR count). The van der Waals surface area contributed by atoms with Gasteiger partial charge in [-0.05, 0) is 58.8 Å². The van der Waals surface area contributed by atoms with Gasteiger partial charge in [0, 0.05) is 0 Å². The van der Waals surface area contributed by atoms with Crippen LogP contribution >= 0.6 is 0 Å². The van der Waals surface area contributed by atoms with Gasteiger partial charge in [-0.1, -0.05) is 13.8 Å². The molecule has 0 heterocycles. The first-order valence-electron chi connectivity index (χ1n) is 7.78. The lowest BCUT2D eigenvalue weighted by atomic mass is 9.71. The van der Waals surface area contributed by atoms with Crippen molar-refractivity contribution in [2.75, 3.05) is 6.61 Å². The fraction of sp³-hybridized carbons (Fsp3) is 0.938. The molecule has 0 aromatic heterocycles. The van der Waals surface area contributed by atoms with Gasteiger partial charge in [-0.15, -0.1) is 0 Å². The fourth-order valence-electron chi connectivity index (χ4n) is 3.34. The minimum atomic E-state index is -1.14. The zero-order valence-corrected chi connectivity index (χ0v) is 13.5. The predicted molar refractivity (Wildman–Crippen MR) is 78.2 cm³/mol. The number of hydrogen-bond donors (Lipinski definition) is 2. The first kappa shape index (κ1) is 17.4. The van der Waals surface area contributed by atoms with Gasteiger partial charge in [0.15, 0.2) is 0 Å². The molecular formula is C16H30O4. The van der Waals surface area contributed by atoms with E-state index in [0.717, 1.165) is 6.42 Å². The predicted octanol–water partition coefficient (Wildman–Crippen LogP) is 2.66. The molecule has 20 heavy (non-hydrogen) atoms. The van der Waals surface area contributed by atoms with Crippen molar-refractivity contribution < 1.29 is 19.7 Å². The zero-order valence-electron chi connectivity index (χ0n) is 13.5. The molecule has 0 saturated heterocycles. The summed E-state index contributed by atoms with van der Waals surface area (Å²) in [6, 6.07) is 0. The van der Waals surface area contributed by atoms with Gasteiger partial charge in [-0.2, -0.15) is 0 Å². The maximum absolute atomic E-state index is 12.2. The molecule has 1 aliphatic rings. The monoisotopic (exact) mass is 286 g/mol. The molecule has 4 heteroatoms. The van der Waals surface area contributed by atoms with Crippen molar-refractivity contribution in [2.24, 2.45) is 11.3 Å². The highest BCUT2D eigenvalue weighted by Gasteiger charge is 2.59. The standard InChI is InChI=1S/C16H30O4/c1-6-16(19,7-2)11-12-9-10-14(4,15(12,5)18)13(17)20-8-3/h12,18-19H,6-11H2,1-5H3/t12-,14-,15-/m0/s1. The molecule has 118 valence electrons. The van der Waals surface area contributed by atoms with Gasteiger partial charge >= 0.3 is 5.97 Å². The number of carbonyl (C=O) groups is 1. The number of esters is 1. The van der Waals surface area contributed by atoms with Crippen molar-refractivity contribution in [3.05, 3.63) is 0 Å². The Bertz CT molecular complexity index is 346. The molecular weight excluding hydrogens is 256 g/mol. The summed E-state index contributed by atoms with van der Waals surface area (Å²) in [5.74, 6) is -0.411. The quantitative estimate of drug-likeness (QED) is 0.737. The van der Waals surface area contributed by atoms with Gasteiger partial charge in [-0.3, -0.25) is 4.79 Å². The van der Waals surface area contributed by atoms with E-state index in [0.29, 0.717) is 32.3 Å². The van der Waals surface area contributed by atoms with Crippen LogP contribution < -0.4 is 0 Å². The van der Waals surface area contributed by atoms with Gasteiger partial charge in [0.25, 0.3) is 0 Å². The molecule has 2 N–H and O–H groups in total. The number of rotatable bonds is 6. The van der Waals surface area contributed by atoms with Crippen molar-refractivity contribution in [1.82, 2.24) is 0 Å². The van der Waals surface area contributed by atoms with Crippen LogP contribution in [0.4, 0.5) is 0 Å². The minimum Gasteiger partial charge on any atom is -0.465 e. The third-order valence-electron chi connectivity index (χ3n) is 5.57. The second kappa shape index (κ2) is 6.02. The minimum absolute atomic E-state index is 0.0817. The molecule has 3 atom stereocenters. The molecule has 1 fully saturated rings. The molecule has 0 bridgehead atoms. The van der Waals surface area contributed by atoms with E-state index in [2.05, 4.69) is 0 Å². The van der Waals surface area contributed by atoms with Crippen molar-refractivity contribution in [3.63, 3.8) is 0 Å². The van der Waals surface area contributed by atoms with E-state index in [1.54, 1.807) is 20.8 Å². The lowest BCUT2D eigenvalue weighted by Crippen LogP contribution is -2.51. The Hall–Kier alpha value is -0.610. The summed E-state index contributed by atoms with van der Waals surface area (Å²) in [5.41, 5.74) is -2.78. The fourth-order valence-corrected chi connectivity index (χ4v) is 3.34. The Morgan fingerprint density at radius 3 is 2.30 bits per heavy atom. The smallest absolute Gasteiger partial charge is 0.314 e. The summed E-state index contributed by atoms with van der Waals surface area (Å²) in [6.07, 6.45) is 3.19. The second-order valence-electron chi connectivity index (χ2n) is 6.57. The summed E-state index contributed by atoms with van der Waals surface area (Å²) in [4.78, 5) is 12.2. The molecule has 0 aromatic rings. The van der Waals surface area contributed by atoms with Gasteiger partial charge in [0.05, 0.1) is 23.2 Å². The van der Waals surface area contributed by atoms with Gasteiger partial charge in [0.1, 0.15) is 0 Å². The Morgan fingerprint density at radius 1 is 1.30 bits per heavy atom. The SMILES string of the molecule is CCOC(=O)[C@]1(C)CC[C@@H](CC(O)(CC)CC)[C@]1(C)O. The Balaban J connectivity index is 2.92. The lowest BCUT2D eigenvalue weighted by Gasteiger charge is -2.40. The average Bonchev–Trinajstić information content (AvgIpc) is 2.63. The molecule has 4 nitrogen and oxygen atoms in total. The Labute approximate surface area is 122 Å². The maximum Gasteiger partial charge on any atom is 0.314 e. The highest BCUT2D eigenvalue weighted by molar-refractivity contribution is 5.78. The molecule has 0 radical (unpaired) electrons. The van der Waals surface area contributed by atoms with Crippen LogP contribution in [-0.4, -0.2) is 34.0 Å². The van der Waals surface area contributed by atoms with E-state index in [4.69, 9.17) is 4.74 Å². The van der Waals surface area contributed by atoms with E-state index < -0.39 is 16.6 Å². The van der Waals surface area contributed by atoms with Crippen LogP contribution in [0.15, 0.2) is 0 Å². The first-order valence-corrected chi connectivity index (χ1v) is 7.78. The summed E-state index contributed by atoms with van der Waals surface area (Å²) >= 11 is 0.